The zero-order valence-electron chi connectivity index (χ0n) is 10.4. The van der Waals surface area contributed by atoms with Crippen molar-refractivity contribution < 1.29 is 19.1 Å². The van der Waals surface area contributed by atoms with Gasteiger partial charge in [0.25, 0.3) is 0 Å². The molecule has 1 aromatic carbocycles. The number of methoxy groups -OCH3 is 1. The highest BCUT2D eigenvalue weighted by atomic mass is 16.6. The molecular weight excluding hydrogens is 236 g/mol. The van der Waals surface area contributed by atoms with E-state index in [4.69, 9.17) is 4.74 Å². The van der Waals surface area contributed by atoms with Crippen molar-refractivity contribution in [2.45, 2.75) is 13.3 Å². The maximum Gasteiger partial charge on any atom is 0.412 e. The number of carbonyl (C=O) groups excluding carboxylic acids is 2. The van der Waals surface area contributed by atoms with E-state index in [1.54, 1.807) is 18.2 Å². The van der Waals surface area contributed by atoms with Crippen molar-refractivity contribution in [2.24, 2.45) is 0 Å². The second kappa shape index (κ2) is 7.16. The third-order valence-electron chi connectivity index (χ3n) is 2.00. The summed E-state index contributed by atoms with van der Waals surface area (Å²) in [5.74, 6) is 0.345. The normalized spacial score (nSPS) is 9.44. The number of hydrogen-bond donors (Lipinski definition) is 2. The van der Waals surface area contributed by atoms with E-state index in [0.29, 0.717) is 18.0 Å². The van der Waals surface area contributed by atoms with Crippen LogP contribution in [0.1, 0.15) is 13.3 Å². The molecule has 18 heavy (non-hydrogen) atoms. The standard InChI is InChI=1S/C12H16N2O4/c1-3-7-13-11(15)18-10-6-4-5-9(8-10)14-12(16)17-2/h4-6,8H,3,7H2,1-2H3,(H,13,15)(H,14,16). The molecule has 0 unspecified atom stereocenters. The molecule has 0 bridgehead atoms. The molecule has 0 aliphatic rings. The molecule has 0 atom stereocenters. The number of rotatable bonds is 4. The van der Waals surface area contributed by atoms with Gasteiger partial charge in [0.05, 0.1) is 7.11 Å². The molecule has 0 radical (unpaired) electrons. The summed E-state index contributed by atoms with van der Waals surface area (Å²) in [6.45, 7) is 2.50. The van der Waals surface area contributed by atoms with E-state index in [2.05, 4.69) is 15.4 Å². The second-order valence-electron chi connectivity index (χ2n) is 3.46. The summed E-state index contributed by atoms with van der Waals surface area (Å²) in [6.07, 6.45) is -0.270. The Morgan fingerprint density at radius 1 is 1.28 bits per heavy atom. The van der Waals surface area contributed by atoms with Crippen molar-refractivity contribution in [1.29, 1.82) is 0 Å². The van der Waals surface area contributed by atoms with Gasteiger partial charge in [0, 0.05) is 18.3 Å². The second-order valence-corrected chi connectivity index (χ2v) is 3.46. The predicted octanol–water partition coefficient (Wildman–Crippen LogP) is 2.36. The minimum absolute atomic E-state index is 0.345. The summed E-state index contributed by atoms with van der Waals surface area (Å²) in [6, 6.07) is 6.47. The van der Waals surface area contributed by atoms with Crippen molar-refractivity contribution in [3.63, 3.8) is 0 Å². The molecule has 0 fully saturated rings. The van der Waals surface area contributed by atoms with Gasteiger partial charge in [0.2, 0.25) is 0 Å². The van der Waals surface area contributed by atoms with Crippen LogP contribution in [-0.4, -0.2) is 25.8 Å². The molecule has 2 amide bonds. The molecule has 2 N–H and O–H groups in total. The lowest BCUT2D eigenvalue weighted by Crippen LogP contribution is -2.27. The lowest BCUT2D eigenvalue weighted by molar-refractivity contribution is 0.187. The molecule has 0 aliphatic heterocycles. The summed E-state index contributed by atoms with van der Waals surface area (Å²) in [5.41, 5.74) is 0.489. The summed E-state index contributed by atoms with van der Waals surface area (Å²) in [5, 5.41) is 5.05. The maximum atomic E-state index is 11.3. The van der Waals surface area contributed by atoms with Gasteiger partial charge >= 0.3 is 12.2 Å². The summed E-state index contributed by atoms with van der Waals surface area (Å²) in [7, 11) is 1.27. The number of carbonyl (C=O) groups is 2. The van der Waals surface area contributed by atoms with E-state index in [0.717, 1.165) is 6.42 Å². The van der Waals surface area contributed by atoms with E-state index in [1.165, 1.54) is 13.2 Å². The van der Waals surface area contributed by atoms with Crippen LogP contribution in [0.4, 0.5) is 15.3 Å². The fourth-order valence-electron chi connectivity index (χ4n) is 1.18. The first kappa shape index (κ1) is 13.8. The Bertz CT molecular complexity index is 420. The first-order chi connectivity index (χ1) is 8.65. The monoisotopic (exact) mass is 252 g/mol. The lowest BCUT2D eigenvalue weighted by Gasteiger charge is -2.07. The van der Waals surface area contributed by atoms with E-state index in [-0.39, 0.29) is 0 Å². The molecule has 0 heterocycles. The van der Waals surface area contributed by atoms with Crippen molar-refractivity contribution in [3.05, 3.63) is 24.3 Å². The van der Waals surface area contributed by atoms with Crippen molar-refractivity contribution in [3.8, 4) is 5.75 Å². The van der Waals surface area contributed by atoms with Gasteiger partial charge in [-0.2, -0.15) is 0 Å². The van der Waals surface area contributed by atoms with Crippen LogP contribution in [0.5, 0.6) is 5.75 Å². The Balaban J connectivity index is 2.59. The number of ether oxygens (including phenoxy) is 2. The predicted molar refractivity (Wildman–Crippen MR) is 66.8 cm³/mol. The maximum absolute atomic E-state index is 11.3. The zero-order valence-corrected chi connectivity index (χ0v) is 10.4. The summed E-state index contributed by atoms with van der Waals surface area (Å²) < 4.78 is 9.49. The summed E-state index contributed by atoms with van der Waals surface area (Å²) in [4.78, 5) is 22.3. The number of amides is 2. The molecule has 0 aromatic heterocycles. The number of anilines is 1. The van der Waals surface area contributed by atoms with Gasteiger partial charge in [0.1, 0.15) is 5.75 Å². The Labute approximate surface area is 105 Å². The smallest absolute Gasteiger partial charge is 0.412 e. The molecule has 0 aliphatic carbocycles. The van der Waals surface area contributed by atoms with Crippen molar-refractivity contribution in [1.82, 2.24) is 5.32 Å². The van der Waals surface area contributed by atoms with Crippen LogP contribution >= 0.6 is 0 Å². The van der Waals surface area contributed by atoms with Crippen LogP contribution in [0.3, 0.4) is 0 Å². The molecule has 6 nitrogen and oxygen atoms in total. The Hall–Kier alpha value is -2.24. The van der Waals surface area contributed by atoms with Crippen LogP contribution in [-0.2, 0) is 4.74 Å². The largest absolute Gasteiger partial charge is 0.453 e. The molecule has 1 aromatic rings. The fraction of sp³-hybridized carbons (Fsp3) is 0.333. The molecule has 98 valence electrons. The quantitative estimate of drug-likeness (QED) is 0.862. The van der Waals surface area contributed by atoms with Gasteiger partial charge in [-0.05, 0) is 18.6 Å². The van der Waals surface area contributed by atoms with Crippen molar-refractivity contribution >= 4 is 17.9 Å². The topological polar surface area (TPSA) is 76.7 Å². The van der Waals surface area contributed by atoms with Gasteiger partial charge in [-0.15, -0.1) is 0 Å². The van der Waals surface area contributed by atoms with E-state index < -0.39 is 12.2 Å². The third kappa shape index (κ3) is 4.73. The number of hydrogen-bond acceptors (Lipinski definition) is 4. The third-order valence-corrected chi connectivity index (χ3v) is 2.00. The highest BCUT2D eigenvalue weighted by Crippen LogP contribution is 2.17. The van der Waals surface area contributed by atoms with Crippen LogP contribution in [0, 0.1) is 0 Å². The number of nitrogens with one attached hydrogen (secondary N) is 2. The molecular formula is C12H16N2O4. The highest BCUT2D eigenvalue weighted by molar-refractivity contribution is 5.84. The van der Waals surface area contributed by atoms with Gasteiger partial charge in [-0.3, -0.25) is 5.32 Å². The SMILES string of the molecule is CCCNC(=O)Oc1cccc(NC(=O)OC)c1. The molecule has 0 saturated carbocycles. The van der Waals surface area contributed by atoms with Gasteiger partial charge < -0.3 is 14.8 Å². The van der Waals surface area contributed by atoms with Crippen molar-refractivity contribution in [2.75, 3.05) is 19.0 Å². The minimum atomic E-state index is -0.581. The first-order valence-corrected chi connectivity index (χ1v) is 5.56. The average molecular weight is 252 g/mol. The highest BCUT2D eigenvalue weighted by Gasteiger charge is 2.05. The average Bonchev–Trinajstić information content (AvgIpc) is 2.36. The van der Waals surface area contributed by atoms with Crippen LogP contribution in [0.2, 0.25) is 0 Å². The molecule has 0 saturated heterocycles. The van der Waals surface area contributed by atoms with Crippen LogP contribution in [0.15, 0.2) is 24.3 Å². The van der Waals surface area contributed by atoms with Gasteiger partial charge in [-0.25, -0.2) is 9.59 Å². The Morgan fingerprint density at radius 3 is 2.72 bits per heavy atom. The molecule has 6 heteroatoms. The van der Waals surface area contributed by atoms with Crippen LogP contribution in [0.25, 0.3) is 0 Å². The Kier molecular flexibility index (Phi) is 5.50. The van der Waals surface area contributed by atoms with Gasteiger partial charge in [0.15, 0.2) is 0 Å². The van der Waals surface area contributed by atoms with E-state index >= 15 is 0 Å². The van der Waals surface area contributed by atoms with E-state index in [1.807, 2.05) is 6.92 Å². The van der Waals surface area contributed by atoms with Gasteiger partial charge in [-0.1, -0.05) is 13.0 Å². The van der Waals surface area contributed by atoms with Crippen LogP contribution < -0.4 is 15.4 Å². The Morgan fingerprint density at radius 2 is 2.06 bits per heavy atom. The molecule has 0 spiro atoms. The lowest BCUT2D eigenvalue weighted by atomic mass is 10.3. The first-order valence-electron chi connectivity index (χ1n) is 5.56. The minimum Gasteiger partial charge on any atom is -0.453 e. The molecule has 1 rings (SSSR count). The zero-order chi connectivity index (χ0) is 13.4. The number of benzene rings is 1. The summed E-state index contributed by atoms with van der Waals surface area (Å²) >= 11 is 0. The fourth-order valence-corrected chi connectivity index (χ4v) is 1.18. The van der Waals surface area contributed by atoms with E-state index in [9.17, 15) is 9.59 Å².